The van der Waals surface area contributed by atoms with Crippen LogP contribution in [0.25, 0.3) is 0 Å². The fourth-order valence-corrected chi connectivity index (χ4v) is 1.44. The molecule has 0 amide bonds. The molecule has 0 saturated carbocycles. The molecule has 0 radical (unpaired) electrons. The smallest absolute Gasteiger partial charge is 0.0894 e. The van der Waals surface area contributed by atoms with E-state index in [1.807, 2.05) is 0 Å². The van der Waals surface area contributed by atoms with E-state index in [1.165, 1.54) is 6.42 Å². The number of quaternary nitrogens is 1. The SMILES string of the molecule is CC(C)(C)CC(C)(C)[NH3+].[Br-]. The van der Waals surface area contributed by atoms with E-state index in [4.69, 9.17) is 0 Å². The van der Waals surface area contributed by atoms with Gasteiger partial charge in [0, 0.05) is 6.42 Å². The lowest BCUT2D eigenvalue weighted by atomic mass is 9.82. The van der Waals surface area contributed by atoms with Gasteiger partial charge >= 0.3 is 0 Å². The highest BCUT2D eigenvalue weighted by molar-refractivity contribution is 4.72. The topological polar surface area (TPSA) is 27.6 Å². The van der Waals surface area contributed by atoms with Crippen LogP contribution in [0.15, 0.2) is 0 Å². The predicted molar refractivity (Wildman–Crippen MR) is 41.0 cm³/mol. The van der Waals surface area contributed by atoms with Crippen LogP contribution in [-0.2, 0) is 0 Å². The summed E-state index contributed by atoms with van der Waals surface area (Å²) in [4.78, 5) is 0. The summed E-state index contributed by atoms with van der Waals surface area (Å²) in [6.45, 7) is 11.1. The van der Waals surface area contributed by atoms with Gasteiger partial charge in [-0.2, -0.15) is 0 Å². The molecule has 2 heteroatoms. The van der Waals surface area contributed by atoms with Crippen molar-refractivity contribution in [3.05, 3.63) is 0 Å². The first-order chi connectivity index (χ1) is 3.71. The van der Waals surface area contributed by atoms with E-state index < -0.39 is 0 Å². The van der Waals surface area contributed by atoms with Crippen LogP contribution in [0.2, 0.25) is 0 Å². The Morgan fingerprint density at radius 2 is 1.30 bits per heavy atom. The zero-order chi connectivity index (χ0) is 7.71. The molecule has 0 heterocycles. The van der Waals surface area contributed by atoms with Gasteiger partial charge < -0.3 is 22.7 Å². The second kappa shape index (κ2) is 3.72. The lowest BCUT2D eigenvalue weighted by molar-refractivity contribution is -0.470. The molecule has 1 nitrogen and oxygen atoms in total. The first kappa shape index (κ1) is 13.1. The van der Waals surface area contributed by atoms with Crippen molar-refractivity contribution in [2.75, 3.05) is 0 Å². The molecule has 64 valence electrons. The standard InChI is InChI=1S/C8H19N.BrH/c1-7(2,3)6-8(4,5)9;/h6,9H2,1-5H3;1H. The molecule has 0 bridgehead atoms. The summed E-state index contributed by atoms with van der Waals surface area (Å²) in [5, 5.41) is 0. The predicted octanol–water partition coefficient (Wildman–Crippen LogP) is -1.55. The number of hydrogen-bond acceptors (Lipinski definition) is 0. The third kappa shape index (κ3) is 11.3. The van der Waals surface area contributed by atoms with Crippen molar-refractivity contribution in [3.63, 3.8) is 0 Å². The van der Waals surface area contributed by atoms with Crippen LogP contribution in [0.1, 0.15) is 41.0 Å². The fraction of sp³-hybridized carbons (Fsp3) is 1.00. The van der Waals surface area contributed by atoms with Crippen molar-refractivity contribution in [1.29, 1.82) is 0 Å². The highest BCUT2D eigenvalue weighted by Crippen LogP contribution is 2.23. The van der Waals surface area contributed by atoms with Gasteiger partial charge in [-0.1, -0.05) is 20.8 Å². The zero-order valence-corrected chi connectivity index (χ0v) is 9.38. The second-order valence-corrected chi connectivity index (χ2v) is 4.90. The summed E-state index contributed by atoms with van der Waals surface area (Å²) in [6, 6.07) is 0. The fourth-order valence-electron chi connectivity index (χ4n) is 1.44. The highest BCUT2D eigenvalue weighted by atomic mass is 79.9. The molecule has 0 saturated heterocycles. The summed E-state index contributed by atoms with van der Waals surface area (Å²) in [5.74, 6) is 0. The van der Waals surface area contributed by atoms with Crippen LogP contribution >= 0.6 is 0 Å². The van der Waals surface area contributed by atoms with E-state index in [-0.39, 0.29) is 22.5 Å². The Balaban J connectivity index is 0. The first-order valence-corrected chi connectivity index (χ1v) is 3.56. The molecule has 0 aliphatic carbocycles. The van der Waals surface area contributed by atoms with Crippen molar-refractivity contribution in [2.45, 2.75) is 46.6 Å². The van der Waals surface area contributed by atoms with Crippen LogP contribution in [0.3, 0.4) is 0 Å². The summed E-state index contributed by atoms with van der Waals surface area (Å²) in [7, 11) is 0. The van der Waals surface area contributed by atoms with Crippen LogP contribution in [0.5, 0.6) is 0 Å². The molecule has 10 heavy (non-hydrogen) atoms. The first-order valence-electron chi connectivity index (χ1n) is 3.56. The number of hydrogen-bond donors (Lipinski definition) is 1. The van der Waals surface area contributed by atoms with Gasteiger partial charge in [-0.15, -0.1) is 0 Å². The minimum atomic E-state index is 0. The quantitative estimate of drug-likeness (QED) is 0.542. The third-order valence-corrected chi connectivity index (χ3v) is 1.01. The minimum absolute atomic E-state index is 0. The summed E-state index contributed by atoms with van der Waals surface area (Å²) >= 11 is 0. The summed E-state index contributed by atoms with van der Waals surface area (Å²) in [6.07, 6.45) is 1.18. The van der Waals surface area contributed by atoms with Crippen LogP contribution < -0.4 is 22.7 Å². The zero-order valence-electron chi connectivity index (χ0n) is 7.79. The molecule has 0 atom stereocenters. The number of rotatable bonds is 1. The van der Waals surface area contributed by atoms with E-state index in [9.17, 15) is 0 Å². The maximum absolute atomic E-state index is 4.06. The molecule has 3 N–H and O–H groups in total. The minimum Gasteiger partial charge on any atom is -1.00 e. The Bertz CT molecular complexity index is 74.4. The van der Waals surface area contributed by atoms with E-state index in [2.05, 4.69) is 40.4 Å². The van der Waals surface area contributed by atoms with E-state index in [0.29, 0.717) is 5.41 Å². The van der Waals surface area contributed by atoms with Crippen LogP contribution in [0.4, 0.5) is 0 Å². The summed E-state index contributed by atoms with van der Waals surface area (Å²) < 4.78 is 0. The van der Waals surface area contributed by atoms with Gasteiger partial charge in [-0.25, -0.2) is 0 Å². The van der Waals surface area contributed by atoms with Gasteiger partial charge in [-0.3, -0.25) is 0 Å². The van der Waals surface area contributed by atoms with Crippen molar-refractivity contribution < 1.29 is 22.7 Å². The lowest BCUT2D eigenvalue weighted by Gasteiger charge is -2.25. The van der Waals surface area contributed by atoms with Gasteiger partial charge in [0.15, 0.2) is 0 Å². The van der Waals surface area contributed by atoms with Crippen molar-refractivity contribution in [2.24, 2.45) is 5.41 Å². The molecule has 0 spiro atoms. The van der Waals surface area contributed by atoms with E-state index >= 15 is 0 Å². The Hall–Kier alpha value is 0.440. The molecule has 0 aromatic rings. The molecule has 0 aliphatic rings. The van der Waals surface area contributed by atoms with Gasteiger partial charge in [-0.05, 0) is 19.3 Å². The Morgan fingerprint density at radius 1 is 1.00 bits per heavy atom. The molecular weight excluding hydrogens is 190 g/mol. The molecule has 0 aromatic carbocycles. The molecule has 0 aliphatic heterocycles. The Kier molecular flexibility index (Phi) is 4.86. The second-order valence-electron chi connectivity index (χ2n) is 4.90. The van der Waals surface area contributed by atoms with Crippen LogP contribution in [-0.4, -0.2) is 5.54 Å². The average molecular weight is 210 g/mol. The summed E-state index contributed by atoms with van der Waals surface area (Å²) in [5.41, 5.74) is 4.71. The van der Waals surface area contributed by atoms with Crippen molar-refractivity contribution in [1.82, 2.24) is 0 Å². The largest absolute Gasteiger partial charge is 1.00 e. The Morgan fingerprint density at radius 3 is 1.30 bits per heavy atom. The molecular formula is C8H20BrN. The average Bonchev–Trinajstić information content (AvgIpc) is 1.14. The van der Waals surface area contributed by atoms with Gasteiger partial charge in [0.1, 0.15) is 0 Å². The maximum Gasteiger partial charge on any atom is 0.0894 e. The van der Waals surface area contributed by atoms with Gasteiger partial charge in [0.25, 0.3) is 0 Å². The maximum atomic E-state index is 4.06. The monoisotopic (exact) mass is 209 g/mol. The van der Waals surface area contributed by atoms with Gasteiger partial charge in [0.05, 0.1) is 5.54 Å². The normalized spacial score (nSPS) is 12.6. The van der Waals surface area contributed by atoms with E-state index in [1.54, 1.807) is 0 Å². The molecule has 0 aromatic heterocycles. The molecule has 0 rings (SSSR count). The number of halogens is 1. The third-order valence-electron chi connectivity index (χ3n) is 1.01. The van der Waals surface area contributed by atoms with E-state index in [0.717, 1.165) is 0 Å². The van der Waals surface area contributed by atoms with Crippen LogP contribution in [0, 0.1) is 5.41 Å². The van der Waals surface area contributed by atoms with Crippen molar-refractivity contribution >= 4 is 0 Å². The Labute approximate surface area is 75.1 Å². The molecule has 0 fully saturated rings. The van der Waals surface area contributed by atoms with Gasteiger partial charge in [0.2, 0.25) is 0 Å². The van der Waals surface area contributed by atoms with Crippen molar-refractivity contribution in [3.8, 4) is 0 Å². The lowest BCUT2D eigenvalue weighted by Crippen LogP contribution is -3.00. The molecule has 0 unspecified atom stereocenters. The highest BCUT2D eigenvalue weighted by Gasteiger charge is 2.23.